The first-order valence-electron chi connectivity index (χ1n) is 9.38. The predicted octanol–water partition coefficient (Wildman–Crippen LogP) is 3.25. The maximum Gasteiger partial charge on any atom is 0.212 e. The van der Waals surface area contributed by atoms with Crippen LogP contribution in [0.2, 0.25) is 0 Å². The molecule has 1 aromatic carbocycles. The molecule has 0 amide bonds. The second kappa shape index (κ2) is 9.15. The van der Waals surface area contributed by atoms with Crippen LogP contribution in [0.4, 0.5) is 4.39 Å². The lowest BCUT2D eigenvalue weighted by Crippen LogP contribution is -2.33. The third-order valence-electron chi connectivity index (χ3n) is 5.41. The minimum Gasteiger partial charge on any atom is -0.489 e. The summed E-state index contributed by atoms with van der Waals surface area (Å²) in [6.45, 7) is 5.29. The van der Waals surface area contributed by atoms with Gasteiger partial charge in [-0.3, -0.25) is 0 Å². The van der Waals surface area contributed by atoms with Crippen LogP contribution in [-0.4, -0.2) is 44.8 Å². The molecule has 2 rings (SSSR count). The number of hydrogen-bond acceptors (Lipinski definition) is 4. The molecule has 1 saturated heterocycles. The van der Waals surface area contributed by atoms with Gasteiger partial charge in [-0.1, -0.05) is 32.8 Å². The van der Waals surface area contributed by atoms with Crippen LogP contribution in [0.15, 0.2) is 18.2 Å². The average Bonchev–Trinajstić information content (AvgIpc) is 2.98. The van der Waals surface area contributed by atoms with Crippen molar-refractivity contribution in [2.75, 3.05) is 20.2 Å². The van der Waals surface area contributed by atoms with E-state index in [9.17, 15) is 12.8 Å². The van der Waals surface area contributed by atoms with Crippen LogP contribution in [0.3, 0.4) is 0 Å². The van der Waals surface area contributed by atoms with E-state index in [1.54, 1.807) is 12.1 Å². The van der Waals surface area contributed by atoms with Gasteiger partial charge in [0.05, 0.1) is 5.25 Å². The Bertz CT molecular complexity index is 696. The van der Waals surface area contributed by atoms with Gasteiger partial charge in [-0.2, -0.15) is 0 Å². The summed E-state index contributed by atoms with van der Waals surface area (Å²) in [5, 5.41) is 4.77. The molecule has 1 aliphatic heterocycles. The summed E-state index contributed by atoms with van der Waals surface area (Å²) in [4.78, 5) is 2.21. The Hall–Kier alpha value is -1.18. The zero-order valence-corrected chi connectivity index (χ0v) is 16.8. The Morgan fingerprint density at radius 2 is 2.15 bits per heavy atom. The number of primary sulfonamides is 1. The molecule has 0 aliphatic carbocycles. The van der Waals surface area contributed by atoms with E-state index >= 15 is 0 Å². The predicted molar refractivity (Wildman–Crippen MR) is 102 cm³/mol. The highest BCUT2D eigenvalue weighted by Crippen LogP contribution is 2.31. The number of benzene rings is 1. The molecule has 1 aromatic rings. The van der Waals surface area contributed by atoms with E-state index in [0.717, 1.165) is 37.8 Å². The molecule has 0 spiro atoms. The van der Waals surface area contributed by atoms with Crippen LogP contribution in [-0.2, 0) is 10.0 Å². The molecule has 0 bridgehead atoms. The summed E-state index contributed by atoms with van der Waals surface area (Å²) in [6, 6.07) is 4.88. The van der Waals surface area contributed by atoms with Gasteiger partial charge in [0, 0.05) is 6.04 Å². The van der Waals surface area contributed by atoms with E-state index in [1.165, 1.54) is 6.07 Å². The largest absolute Gasteiger partial charge is 0.489 e. The lowest BCUT2D eigenvalue weighted by atomic mass is 9.94. The van der Waals surface area contributed by atoms with Gasteiger partial charge in [0.2, 0.25) is 10.0 Å². The van der Waals surface area contributed by atoms with Gasteiger partial charge in [-0.25, -0.2) is 17.9 Å². The van der Waals surface area contributed by atoms with Crippen molar-refractivity contribution in [3.63, 3.8) is 0 Å². The van der Waals surface area contributed by atoms with Crippen LogP contribution in [0.5, 0.6) is 5.75 Å². The minimum atomic E-state index is -3.68. The van der Waals surface area contributed by atoms with Crippen molar-refractivity contribution in [1.82, 2.24) is 4.90 Å². The van der Waals surface area contributed by atoms with E-state index in [4.69, 9.17) is 9.88 Å². The van der Waals surface area contributed by atoms with Crippen LogP contribution in [0, 0.1) is 5.82 Å². The van der Waals surface area contributed by atoms with Gasteiger partial charge >= 0.3 is 0 Å². The summed E-state index contributed by atoms with van der Waals surface area (Å²) in [6.07, 6.45) is 4.34. The van der Waals surface area contributed by atoms with Gasteiger partial charge in [0.25, 0.3) is 0 Å². The third kappa shape index (κ3) is 5.41. The Morgan fingerprint density at radius 1 is 1.42 bits per heavy atom. The quantitative estimate of drug-likeness (QED) is 0.707. The first-order chi connectivity index (χ1) is 12.2. The van der Waals surface area contributed by atoms with Crippen molar-refractivity contribution in [3.8, 4) is 5.75 Å². The third-order valence-corrected chi connectivity index (χ3v) is 6.89. The van der Waals surface area contributed by atoms with Crippen LogP contribution in [0.25, 0.3) is 0 Å². The number of hydrogen-bond donors (Lipinski definition) is 1. The Labute approximate surface area is 156 Å². The molecule has 1 aliphatic rings. The van der Waals surface area contributed by atoms with E-state index in [0.29, 0.717) is 13.0 Å². The molecule has 3 atom stereocenters. The summed E-state index contributed by atoms with van der Waals surface area (Å²) < 4.78 is 43.9. The molecule has 1 unspecified atom stereocenters. The zero-order chi connectivity index (χ0) is 19.3. The van der Waals surface area contributed by atoms with E-state index < -0.39 is 21.1 Å². The SMILES string of the molecule is CCCCC([C@H](C)c1ccc(F)c(OC[C@@H]2CCCN2C)c1)S(N)(=O)=O. The highest BCUT2D eigenvalue weighted by Gasteiger charge is 2.29. The van der Waals surface area contributed by atoms with Crippen molar-refractivity contribution in [3.05, 3.63) is 29.6 Å². The first-order valence-corrected chi connectivity index (χ1v) is 11.0. The second-order valence-corrected chi connectivity index (χ2v) is 9.12. The molecule has 26 heavy (non-hydrogen) atoms. The van der Waals surface area contributed by atoms with Gasteiger partial charge < -0.3 is 9.64 Å². The number of rotatable bonds is 9. The molecule has 1 heterocycles. The topological polar surface area (TPSA) is 72.6 Å². The highest BCUT2D eigenvalue weighted by molar-refractivity contribution is 7.89. The molecule has 5 nitrogen and oxygen atoms in total. The summed E-state index contributed by atoms with van der Waals surface area (Å²) in [7, 11) is -1.64. The number of sulfonamides is 1. The van der Waals surface area contributed by atoms with E-state index in [2.05, 4.69) is 4.90 Å². The number of likely N-dealkylation sites (tertiary alicyclic amines) is 1. The monoisotopic (exact) mass is 386 g/mol. The van der Waals surface area contributed by atoms with Crippen molar-refractivity contribution >= 4 is 10.0 Å². The zero-order valence-electron chi connectivity index (χ0n) is 15.9. The fourth-order valence-electron chi connectivity index (χ4n) is 3.61. The molecule has 0 radical (unpaired) electrons. The molecule has 2 N–H and O–H groups in total. The molecule has 7 heteroatoms. The standard InChI is InChI=1S/C19H31FN2O3S/c1-4-5-8-19(26(21,23)24)14(2)15-9-10-17(20)18(12-15)25-13-16-7-6-11-22(16)3/h9-10,12,14,16,19H,4-8,11,13H2,1-3H3,(H2,21,23,24)/t14-,16+,19?/m1/s1. The molecular weight excluding hydrogens is 355 g/mol. The number of nitrogens with zero attached hydrogens (tertiary/aromatic N) is 1. The van der Waals surface area contributed by atoms with Gasteiger partial charge in [0.1, 0.15) is 6.61 Å². The first kappa shape index (κ1) is 21.1. The van der Waals surface area contributed by atoms with Crippen LogP contribution in [0.1, 0.15) is 57.4 Å². The van der Waals surface area contributed by atoms with Crippen LogP contribution < -0.4 is 9.88 Å². The molecule has 0 aromatic heterocycles. The number of likely N-dealkylation sites (N-methyl/N-ethyl adjacent to an activating group) is 1. The Kier molecular flexibility index (Phi) is 7.43. The molecule has 1 fully saturated rings. The van der Waals surface area contributed by atoms with E-state index in [1.807, 2.05) is 20.9 Å². The number of unbranched alkanes of at least 4 members (excludes halogenated alkanes) is 1. The summed E-state index contributed by atoms with van der Waals surface area (Å²) in [5.74, 6) is -0.575. The van der Waals surface area contributed by atoms with Gasteiger partial charge in [-0.05, 0) is 56.5 Å². The fourth-order valence-corrected chi connectivity index (χ4v) is 4.83. The van der Waals surface area contributed by atoms with Gasteiger partial charge in [-0.15, -0.1) is 0 Å². The number of nitrogens with two attached hydrogens (primary N) is 1. The Balaban J connectivity index is 2.15. The second-order valence-electron chi connectivity index (χ2n) is 7.34. The average molecular weight is 387 g/mol. The Morgan fingerprint density at radius 3 is 2.73 bits per heavy atom. The maximum atomic E-state index is 14.2. The summed E-state index contributed by atoms with van der Waals surface area (Å²) >= 11 is 0. The van der Waals surface area contributed by atoms with Crippen LogP contribution >= 0.6 is 0 Å². The smallest absolute Gasteiger partial charge is 0.212 e. The summed E-state index contributed by atoms with van der Waals surface area (Å²) in [5.41, 5.74) is 0.733. The minimum absolute atomic E-state index is 0.179. The van der Waals surface area contributed by atoms with Crippen molar-refractivity contribution in [2.45, 2.75) is 63.2 Å². The molecule has 148 valence electrons. The van der Waals surface area contributed by atoms with Crippen molar-refractivity contribution in [1.29, 1.82) is 0 Å². The van der Waals surface area contributed by atoms with Crippen molar-refractivity contribution in [2.24, 2.45) is 5.14 Å². The molecular formula is C19H31FN2O3S. The molecule has 0 saturated carbocycles. The lowest BCUT2D eigenvalue weighted by molar-refractivity contribution is 0.193. The normalized spacial score (nSPS) is 20.9. The van der Waals surface area contributed by atoms with Crippen molar-refractivity contribution < 1.29 is 17.5 Å². The van der Waals surface area contributed by atoms with E-state index in [-0.39, 0.29) is 17.7 Å². The highest BCUT2D eigenvalue weighted by atomic mass is 32.2. The number of halogens is 1. The lowest BCUT2D eigenvalue weighted by Gasteiger charge is -2.24. The number of ether oxygens (including phenoxy) is 1. The maximum absolute atomic E-state index is 14.2. The van der Waals surface area contributed by atoms with Gasteiger partial charge in [0.15, 0.2) is 11.6 Å². The fraction of sp³-hybridized carbons (Fsp3) is 0.684.